The van der Waals surface area contributed by atoms with Crippen LogP contribution in [0.4, 0.5) is 0 Å². The van der Waals surface area contributed by atoms with Gasteiger partial charge in [-0.2, -0.15) is 0 Å². The van der Waals surface area contributed by atoms with Crippen molar-refractivity contribution in [1.29, 1.82) is 0 Å². The van der Waals surface area contributed by atoms with Crippen LogP contribution in [0.2, 0.25) is 0 Å². The van der Waals surface area contributed by atoms with E-state index in [2.05, 4.69) is 0 Å². The molecule has 0 aromatic carbocycles. The summed E-state index contributed by atoms with van der Waals surface area (Å²) in [7, 11) is 0. The number of hydrogen-bond acceptors (Lipinski definition) is 0. The van der Waals surface area contributed by atoms with Crippen molar-refractivity contribution in [2.75, 3.05) is 0 Å². The molecule has 0 aliphatic heterocycles. The van der Waals surface area contributed by atoms with E-state index >= 15 is 0 Å². The van der Waals surface area contributed by atoms with E-state index in [1.807, 2.05) is 0 Å². The van der Waals surface area contributed by atoms with Gasteiger partial charge in [-0.3, -0.25) is 0 Å². The van der Waals surface area contributed by atoms with Gasteiger partial charge in [0.15, 0.2) is 0 Å². The van der Waals surface area contributed by atoms with E-state index in [4.69, 9.17) is 0 Å². The summed E-state index contributed by atoms with van der Waals surface area (Å²) in [4.78, 5) is 0. The van der Waals surface area contributed by atoms with Gasteiger partial charge in [0.1, 0.15) is 0 Å². The van der Waals surface area contributed by atoms with Crippen LogP contribution in [-0.4, -0.2) is 0 Å². The molecule has 0 rings (SSSR count). The van der Waals surface area contributed by atoms with Crippen molar-refractivity contribution in [2.45, 2.75) is 0 Å². The average molecular weight is 230 g/mol. The van der Waals surface area contributed by atoms with Gasteiger partial charge in [0, 0.05) is 0 Å². The van der Waals surface area contributed by atoms with Crippen molar-refractivity contribution in [3.63, 3.8) is 0 Å². The van der Waals surface area contributed by atoms with Crippen LogP contribution in [-0.2, 0) is 64.8 Å². The minimum atomic E-state index is 0. The summed E-state index contributed by atoms with van der Waals surface area (Å²) in [6.07, 6.45) is 0. The summed E-state index contributed by atoms with van der Waals surface area (Å²) >= 11 is 0. The van der Waals surface area contributed by atoms with Crippen molar-refractivity contribution in [1.82, 2.24) is 0 Å². The Labute approximate surface area is 65.1 Å². The first-order chi connectivity index (χ1) is 0. The van der Waals surface area contributed by atoms with Gasteiger partial charge in [-0.05, 0) is 0 Å². The number of rotatable bonds is 0. The molecule has 0 fully saturated rings. The van der Waals surface area contributed by atoms with Crippen LogP contribution in [0.15, 0.2) is 0 Å². The summed E-state index contributed by atoms with van der Waals surface area (Å²) in [5.74, 6) is 0. The van der Waals surface area contributed by atoms with Crippen molar-refractivity contribution in [2.24, 2.45) is 0 Å². The Kier molecular flexibility index (Phi) is 14900. The maximum atomic E-state index is 0. The van der Waals surface area contributed by atoms with Crippen molar-refractivity contribution in [3.05, 3.63) is 0 Å². The summed E-state index contributed by atoms with van der Waals surface area (Å²) in [5.41, 5.74) is 0. The van der Waals surface area contributed by atoms with Crippen molar-refractivity contribution in [3.8, 4) is 0 Å². The number of hydrogen-bond donors (Lipinski definition) is 0. The third kappa shape index (κ3) is 180. The fourth-order valence-electron chi connectivity index (χ4n) is 0. The largest absolute Gasteiger partial charge is 7.00 e. The zero-order valence-electron chi connectivity index (χ0n) is 2.83. The smallest absolute Gasteiger partial charge is 2.00 e. The molecule has 43 valence electrons. The van der Waals surface area contributed by atoms with Crippen LogP contribution in [0.5, 0.6) is 0 Å². The molecule has 0 saturated heterocycles. The third-order valence-corrected chi connectivity index (χ3v) is 0. The van der Waals surface area contributed by atoms with Crippen LogP contribution in [0, 0.1) is 0 Å². The van der Waals surface area contributed by atoms with E-state index in [9.17, 15) is 0 Å². The monoisotopic (exact) mass is 229 g/mol. The van der Waals surface area contributed by atoms with Crippen LogP contribution in [0.1, 0.15) is 0 Å². The summed E-state index contributed by atoms with van der Waals surface area (Å²) in [5, 5.41) is 0. The Balaban J connectivity index is 0. The van der Waals surface area contributed by atoms with Gasteiger partial charge < -0.3 is 27.4 Å². The normalized spacial score (nSPS) is 0. The summed E-state index contributed by atoms with van der Waals surface area (Å²) < 4.78 is 0. The molecule has 1 radical (unpaired) electrons. The second-order valence-electron chi connectivity index (χ2n) is 0. The quantitative estimate of drug-likeness (QED) is 0.523. The Morgan fingerprint density at radius 3 is 0.429 bits per heavy atom. The molecule has 0 aromatic rings. The second-order valence-corrected chi connectivity index (χ2v) is 0. The Hall–Kier alpha value is 0.982. The Morgan fingerprint density at radius 1 is 0.429 bits per heavy atom. The van der Waals surface area contributed by atoms with Gasteiger partial charge in [0.2, 0.25) is 0 Å². The van der Waals surface area contributed by atoms with E-state index in [0.717, 1.165) is 0 Å². The molecule has 7 heteroatoms. The topological polar surface area (TPSA) is 142 Å². The van der Waals surface area contributed by atoms with Crippen LogP contribution in [0.3, 0.4) is 0 Å². The zero-order valence-corrected chi connectivity index (χ0v) is 5.96. The molecular weight excluding hydrogens is 230 g/mol. The minimum absolute atomic E-state index is 0. The predicted octanol–water partition coefficient (Wildman–Crippen LogP) is -0.599. The predicted molar refractivity (Wildman–Crippen MR) is 3.43 cm³/mol. The molecule has 0 spiro atoms. The summed E-state index contributed by atoms with van der Waals surface area (Å²) in [6, 6.07) is 0. The molecular formula is CrO5Tc. The molecule has 7 heavy (non-hydrogen) atoms. The van der Waals surface area contributed by atoms with E-state index in [1.165, 1.54) is 0 Å². The average Bonchev–Trinajstić information content (AvgIpc) is 0. The van der Waals surface area contributed by atoms with Gasteiger partial charge in [-0.25, -0.2) is 0 Å². The van der Waals surface area contributed by atoms with Crippen LogP contribution in [0.25, 0.3) is 0 Å². The van der Waals surface area contributed by atoms with E-state index in [0.29, 0.717) is 0 Å². The molecule has 0 aromatic heterocycles. The van der Waals surface area contributed by atoms with Gasteiger partial charge in [-0.1, -0.05) is 0 Å². The van der Waals surface area contributed by atoms with Gasteiger partial charge >= 0.3 is 37.5 Å². The zero-order chi connectivity index (χ0) is 0. The SMILES string of the molecule is [Cr+3].[O-2].[O-2].[O-2].[O-2].[O-2].[Tc+7]. The standard InChI is InChI=1S/Cr.5O.Tc/q+3;5*-2;+7. The Morgan fingerprint density at radius 2 is 0.429 bits per heavy atom. The molecule has 0 unspecified atom stereocenters. The first-order valence-corrected chi connectivity index (χ1v) is 0. The first kappa shape index (κ1) is 404. The Bertz CT molecular complexity index is 8.04. The molecule has 0 saturated carbocycles. The molecule has 0 aliphatic rings. The molecule has 0 amide bonds. The van der Waals surface area contributed by atoms with Gasteiger partial charge in [-0.15, -0.1) is 0 Å². The fraction of sp³-hybridized carbons (Fsp3) is 0. The second kappa shape index (κ2) is 259. The maximum absolute atomic E-state index is 0. The minimum Gasteiger partial charge on any atom is -2.00 e. The summed E-state index contributed by atoms with van der Waals surface area (Å²) in [6.45, 7) is 0. The maximum Gasteiger partial charge on any atom is 7.00 e. The van der Waals surface area contributed by atoms with Gasteiger partial charge in [0.25, 0.3) is 0 Å². The van der Waals surface area contributed by atoms with Crippen LogP contribution >= 0.6 is 0 Å². The molecule has 5 nitrogen and oxygen atoms in total. The molecule has 0 aliphatic carbocycles. The molecule has 0 heterocycles. The van der Waals surface area contributed by atoms with Crippen molar-refractivity contribution < 1.29 is 64.8 Å². The molecule has 0 bridgehead atoms. The van der Waals surface area contributed by atoms with E-state index < -0.39 is 0 Å². The van der Waals surface area contributed by atoms with Gasteiger partial charge in [0.05, 0.1) is 0 Å². The third-order valence-electron chi connectivity index (χ3n) is 0. The van der Waals surface area contributed by atoms with E-state index in [-0.39, 0.29) is 64.8 Å². The first-order valence-electron chi connectivity index (χ1n) is 0. The fourth-order valence-corrected chi connectivity index (χ4v) is 0. The molecule has 0 N–H and O–H groups in total. The molecule has 0 atom stereocenters. The van der Waals surface area contributed by atoms with Crippen molar-refractivity contribution >= 4 is 0 Å². The van der Waals surface area contributed by atoms with Crippen LogP contribution < -0.4 is 0 Å². The van der Waals surface area contributed by atoms with E-state index in [1.54, 1.807) is 0 Å².